The summed E-state index contributed by atoms with van der Waals surface area (Å²) in [4.78, 5) is 24.3. The van der Waals surface area contributed by atoms with Crippen LogP contribution in [-0.2, 0) is 0 Å². The molecule has 0 fully saturated rings. The number of fused-ring (bicyclic) bond motifs is 1. The normalized spacial score (nSPS) is 14.8. The molecule has 4 rings (SSSR count). The monoisotopic (exact) mass is 413 g/mol. The summed E-state index contributed by atoms with van der Waals surface area (Å²) in [7, 11) is 0. The number of aromatic carboxylic acids is 1. The van der Waals surface area contributed by atoms with Crippen LogP contribution in [0.1, 0.15) is 46.5 Å². The first-order chi connectivity index (χ1) is 14.7. The number of nitrogens with one attached hydrogen (secondary N) is 1. The van der Waals surface area contributed by atoms with E-state index in [1.54, 1.807) is 6.07 Å². The van der Waals surface area contributed by atoms with E-state index < -0.39 is 11.7 Å². The van der Waals surface area contributed by atoms with Crippen LogP contribution in [0.5, 0.6) is 5.75 Å². The molecule has 156 valence electrons. The van der Waals surface area contributed by atoms with Gasteiger partial charge in [-0.2, -0.15) is 0 Å². The molecule has 1 amide bonds. The molecule has 0 radical (unpaired) electrons. The van der Waals surface area contributed by atoms with Gasteiger partial charge in [-0.25, -0.2) is 4.79 Å². The Labute approximate surface area is 180 Å². The zero-order chi connectivity index (χ0) is 22.2. The third-order valence-electron chi connectivity index (χ3n) is 5.47. The Kier molecular flexibility index (Phi) is 5.11. The zero-order valence-corrected chi connectivity index (χ0v) is 17.3. The Morgan fingerprint density at radius 2 is 1.74 bits per heavy atom. The van der Waals surface area contributed by atoms with Crippen molar-refractivity contribution in [2.45, 2.75) is 20.3 Å². The smallest absolute Gasteiger partial charge is 0.339 e. The van der Waals surface area contributed by atoms with E-state index in [4.69, 9.17) is 5.11 Å². The third-order valence-corrected chi connectivity index (χ3v) is 5.47. The summed E-state index contributed by atoms with van der Waals surface area (Å²) in [6, 6.07) is 15.6. The molecule has 0 spiro atoms. The van der Waals surface area contributed by atoms with Crippen molar-refractivity contribution in [3.63, 3.8) is 0 Å². The topological polar surface area (TPSA) is 86.6 Å². The number of carbonyl (C=O) groups excluding carboxylic acids is 1. The number of carboxylic acids is 1. The van der Waals surface area contributed by atoms with E-state index in [0.29, 0.717) is 11.3 Å². The van der Waals surface area contributed by atoms with Crippen molar-refractivity contribution in [1.82, 2.24) is 0 Å². The maximum atomic E-state index is 13.2. The molecule has 1 aliphatic rings. The Morgan fingerprint density at radius 3 is 2.42 bits per heavy atom. The maximum Gasteiger partial charge on any atom is 0.339 e. The van der Waals surface area contributed by atoms with E-state index in [9.17, 15) is 14.7 Å². The van der Waals surface area contributed by atoms with Crippen LogP contribution in [0.25, 0.3) is 16.3 Å². The molecule has 0 heterocycles. The van der Waals surface area contributed by atoms with E-state index in [2.05, 4.69) is 37.4 Å². The molecule has 3 aromatic rings. The highest BCUT2D eigenvalue weighted by molar-refractivity contribution is 6.15. The summed E-state index contributed by atoms with van der Waals surface area (Å²) in [5.41, 5.74) is 2.84. The molecule has 0 bridgehead atoms. The van der Waals surface area contributed by atoms with E-state index >= 15 is 0 Å². The van der Waals surface area contributed by atoms with Gasteiger partial charge in [-0.1, -0.05) is 62.4 Å². The average Bonchev–Trinajstić information content (AvgIpc) is 2.72. The standard InChI is InChI=1S/C26H23NO4/c1-26(2)13-5-8-17(15-26)19-9-3-6-16-7-4-10-21(23(16)19)24(29)27-18-11-12-20(25(30)31)22(28)14-18/h3-14,28H,15H2,1-2H3,(H,27,29)(H,30,31). The molecule has 0 saturated heterocycles. The van der Waals surface area contributed by atoms with Crippen molar-refractivity contribution >= 4 is 33.9 Å². The predicted octanol–water partition coefficient (Wildman–Crippen LogP) is 5.87. The van der Waals surface area contributed by atoms with Gasteiger partial charge in [0.1, 0.15) is 11.3 Å². The lowest BCUT2D eigenvalue weighted by Gasteiger charge is -2.26. The van der Waals surface area contributed by atoms with Gasteiger partial charge in [0.05, 0.1) is 0 Å². The van der Waals surface area contributed by atoms with Gasteiger partial charge in [0.15, 0.2) is 0 Å². The minimum absolute atomic E-state index is 0.0346. The Hall–Kier alpha value is -3.86. The van der Waals surface area contributed by atoms with Crippen molar-refractivity contribution < 1.29 is 19.8 Å². The molecule has 3 N–H and O–H groups in total. The second-order valence-electron chi connectivity index (χ2n) is 8.42. The molecule has 0 aliphatic heterocycles. The van der Waals surface area contributed by atoms with Gasteiger partial charge in [0.25, 0.3) is 5.91 Å². The highest BCUT2D eigenvalue weighted by Crippen LogP contribution is 2.39. The van der Waals surface area contributed by atoms with Crippen LogP contribution in [0.2, 0.25) is 0 Å². The van der Waals surface area contributed by atoms with Crippen LogP contribution in [0.15, 0.2) is 72.8 Å². The Balaban J connectivity index is 1.75. The number of allylic oxidation sites excluding steroid dienone is 4. The summed E-state index contributed by atoms with van der Waals surface area (Å²) in [6.07, 6.45) is 7.20. The number of carbonyl (C=O) groups is 2. The molecule has 31 heavy (non-hydrogen) atoms. The molecule has 3 aromatic carbocycles. The van der Waals surface area contributed by atoms with Crippen LogP contribution < -0.4 is 5.32 Å². The fourth-order valence-electron chi connectivity index (χ4n) is 4.00. The summed E-state index contributed by atoms with van der Waals surface area (Å²) >= 11 is 0. The van der Waals surface area contributed by atoms with Crippen molar-refractivity contribution in [2.75, 3.05) is 5.32 Å². The van der Waals surface area contributed by atoms with E-state index in [1.165, 1.54) is 23.8 Å². The van der Waals surface area contributed by atoms with Gasteiger partial charge >= 0.3 is 5.97 Å². The zero-order valence-electron chi connectivity index (χ0n) is 17.3. The summed E-state index contributed by atoms with van der Waals surface area (Å²) in [5.74, 6) is -1.95. The molecule has 0 unspecified atom stereocenters. The van der Waals surface area contributed by atoms with Crippen LogP contribution in [0.4, 0.5) is 5.69 Å². The predicted molar refractivity (Wildman–Crippen MR) is 122 cm³/mol. The lowest BCUT2D eigenvalue weighted by molar-refractivity contribution is 0.0693. The van der Waals surface area contributed by atoms with Gasteiger partial charge in [-0.3, -0.25) is 4.79 Å². The number of carboxylic acid groups (broad SMARTS) is 1. The van der Waals surface area contributed by atoms with Crippen molar-refractivity contribution in [3.8, 4) is 5.75 Å². The van der Waals surface area contributed by atoms with E-state index in [0.717, 1.165) is 22.8 Å². The van der Waals surface area contributed by atoms with Crippen LogP contribution in [-0.4, -0.2) is 22.1 Å². The highest BCUT2D eigenvalue weighted by atomic mass is 16.4. The first-order valence-corrected chi connectivity index (χ1v) is 10.0. The lowest BCUT2D eigenvalue weighted by Crippen LogP contribution is -2.14. The number of phenols is 1. The van der Waals surface area contributed by atoms with Crippen molar-refractivity contribution in [2.24, 2.45) is 5.41 Å². The number of amides is 1. The first-order valence-electron chi connectivity index (χ1n) is 10.0. The second-order valence-corrected chi connectivity index (χ2v) is 8.42. The average molecular weight is 413 g/mol. The Bertz CT molecular complexity index is 1260. The maximum absolute atomic E-state index is 13.2. The number of aromatic hydroxyl groups is 1. The fourth-order valence-corrected chi connectivity index (χ4v) is 4.00. The molecule has 0 atom stereocenters. The van der Waals surface area contributed by atoms with Gasteiger partial charge in [-0.15, -0.1) is 0 Å². The first kappa shape index (κ1) is 20.4. The minimum atomic E-state index is -1.23. The van der Waals surface area contributed by atoms with Gasteiger partial charge in [0, 0.05) is 22.7 Å². The van der Waals surface area contributed by atoms with Crippen molar-refractivity contribution in [1.29, 1.82) is 0 Å². The van der Waals surface area contributed by atoms with Gasteiger partial charge in [-0.05, 0) is 46.6 Å². The summed E-state index contributed by atoms with van der Waals surface area (Å²) in [5, 5.41) is 23.6. The number of rotatable bonds is 4. The third kappa shape index (κ3) is 4.08. The number of anilines is 1. The Morgan fingerprint density at radius 1 is 1.00 bits per heavy atom. The molecule has 5 heteroatoms. The second kappa shape index (κ2) is 7.76. The number of hydrogen-bond donors (Lipinski definition) is 3. The SMILES string of the molecule is CC1(C)C=CC=C(c2cccc3cccc(C(=O)Nc4ccc(C(=O)O)c(O)c4)c23)C1. The van der Waals surface area contributed by atoms with Crippen LogP contribution in [0, 0.1) is 5.41 Å². The molecular weight excluding hydrogens is 390 g/mol. The number of benzene rings is 3. The van der Waals surface area contributed by atoms with Crippen LogP contribution in [0.3, 0.4) is 0 Å². The van der Waals surface area contributed by atoms with Crippen molar-refractivity contribution in [3.05, 3.63) is 89.5 Å². The molecule has 0 aromatic heterocycles. The van der Waals surface area contributed by atoms with E-state index in [1.807, 2.05) is 30.3 Å². The summed E-state index contributed by atoms with van der Waals surface area (Å²) in [6.45, 7) is 4.37. The molecule has 0 saturated carbocycles. The van der Waals surface area contributed by atoms with Gasteiger partial charge < -0.3 is 15.5 Å². The largest absolute Gasteiger partial charge is 0.507 e. The molecular formula is C26H23NO4. The van der Waals surface area contributed by atoms with Crippen LogP contribution >= 0.6 is 0 Å². The van der Waals surface area contributed by atoms with Gasteiger partial charge in [0.2, 0.25) is 0 Å². The quantitative estimate of drug-likeness (QED) is 0.500. The highest BCUT2D eigenvalue weighted by Gasteiger charge is 2.22. The lowest BCUT2D eigenvalue weighted by atomic mass is 9.78. The van der Waals surface area contributed by atoms with E-state index in [-0.39, 0.29) is 16.9 Å². The fraction of sp³-hybridized carbons (Fsp3) is 0.154. The summed E-state index contributed by atoms with van der Waals surface area (Å²) < 4.78 is 0. The molecule has 1 aliphatic carbocycles. The molecule has 5 nitrogen and oxygen atoms in total. The minimum Gasteiger partial charge on any atom is -0.507 e. The number of hydrogen-bond acceptors (Lipinski definition) is 3.